The third-order valence-electron chi connectivity index (χ3n) is 1.94. The minimum atomic E-state index is -0.568. The van der Waals surface area contributed by atoms with Crippen molar-refractivity contribution in [3.8, 4) is 0 Å². The molecule has 0 atom stereocenters. The van der Waals surface area contributed by atoms with Gasteiger partial charge in [-0.2, -0.15) is 0 Å². The number of aryl methyl sites for hydroxylation is 1. The number of nitrogens with one attached hydrogen (secondary N) is 1. The van der Waals surface area contributed by atoms with E-state index in [9.17, 15) is 9.18 Å². The molecule has 4 nitrogen and oxygen atoms in total. The summed E-state index contributed by atoms with van der Waals surface area (Å²) in [4.78, 5) is 11.7. The summed E-state index contributed by atoms with van der Waals surface area (Å²) >= 11 is 4.57. The van der Waals surface area contributed by atoms with E-state index in [0.29, 0.717) is 0 Å². The summed E-state index contributed by atoms with van der Waals surface area (Å²) in [6, 6.07) is 4.37. The van der Waals surface area contributed by atoms with Crippen LogP contribution in [0.15, 0.2) is 18.2 Å². The van der Waals surface area contributed by atoms with Crippen LogP contribution < -0.4 is 11.2 Å². The lowest BCUT2D eigenvalue weighted by Gasteiger charge is -2.18. The van der Waals surface area contributed by atoms with Crippen molar-refractivity contribution in [2.75, 3.05) is 7.05 Å². The van der Waals surface area contributed by atoms with Gasteiger partial charge in [-0.05, 0) is 36.8 Å². The number of amides is 1. The van der Waals surface area contributed by atoms with Crippen LogP contribution in [0.3, 0.4) is 0 Å². The van der Waals surface area contributed by atoms with Gasteiger partial charge in [-0.15, -0.1) is 0 Å². The van der Waals surface area contributed by atoms with E-state index < -0.39 is 11.7 Å². The summed E-state index contributed by atoms with van der Waals surface area (Å²) in [6.07, 6.45) is 0. The Kier molecular flexibility index (Phi) is 3.78. The molecule has 16 heavy (non-hydrogen) atoms. The van der Waals surface area contributed by atoms with Gasteiger partial charge in [0.1, 0.15) is 5.82 Å². The van der Waals surface area contributed by atoms with E-state index in [4.69, 9.17) is 5.73 Å². The summed E-state index contributed by atoms with van der Waals surface area (Å²) in [6.45, 7) is 1.74. The SMILES string of the molecule is Cc1ccc(C(=O)N(C)NC(N)=S)c(F)c1. The standard InChI is InChI=1S/C10H12FN3OS/c1-6-3-4-7(8(11)5-6)9(15)14(2)13-10(12)16/h3-5H,1-2H3,(H3,12,13,16). The van der Waals surface area contributed by atoms with Gasteiger partial charge in [0.25, 0.3) is 5.91 Å². The quantitative estimate of drug-likeness (QED) is 0.568. The van der Waals surface area contributed by atoms with Crippen LogP contribution >= 0.6 is 12.2 Å². The van der Waals surface area contributed by atoms with Crippen molar-refractivity contribution in [2.45, 2.75) is 6.92 Å². The molecule has 0 aliphatic heterocycles. The van der Waals surface area contributed by atoms with Gasteiger partial charge in [0.2, 0.25) is 0 Å². The van der Waals surface area contributed by atoms with Gasteiger partial charge >= 0.3 is 0 Å². The molecule has 0 radical (unpaired) electrons. The number of thiocarbonyl (C=S) groups is 1. The van der Waals surface area contributed by atoms with Gasteiger partial charge in [0.15, 0.2) is 5.11 Å². The number of halogens is 1. The maximum Gasteiger partial charge on any atom is 0.274 e. The van der Waals surface area contributed by atoms with Gasteiger partial charge in [-0.3, -0.25) is 15.2 Å². The molecule has 0 aliphatic carbocycles. The molecule has 1 aromatic rings. The van der Waals surface area contributed by atoms with Gasteiger partial charge in [-0.1, -0.05) is 6.07 Å². The van der Waals surface area contributed by atoms with E-state index in [0.717, 1.165) is 10.6 Å². The Morgan fingerprint density at radius 1 is 1.56 bits per heavy atom. The lowest BCUT2D eigenvalue weighted by atomic mass is 10.1. The predicted octanol–water partition coefficient (Wildman–Crippen LogP) is 0.954. The first kappa shape index (κ1) is 12.4. The first-order valence-electron chi connectivity index (χ1n) is 4.52. The molecule has 3 N–H and O–H groups in total. The van der Waals surface area contributed by atoms with Crippen LogP contribution in [0.1, 0.15) is 15.9 Å². The number of nitrogens with two attached hydrogens (primary N) is 1. The van der Waals surface area contributed by atoms with Gasteiger partial charge in [0, 0.05) is 7.05 Å². The van der Waals surface area contributed by atoms with Crippen LogP contribution in [0.2, 0.25) is 0 Å². The molecular weight excluding hydrogens is 229 g/mol. The number of carbonyl (C=O) groups is 1. The fourth-order valence-electron chi connectivity index (χ4n) is 1.19. The second kappa shape index (κ2) is 4.89. The molecule has 0 aromatic heterocycles. The van der Waals surface area contributed by atoms with Crippen LogP contribution in [0.25, 0.3) is 0 Å². The third-order valence-corrected chi connectivity index (χ3v) is 2.03. The molecule has 0 saturated heterocycles. The molecule has 0 fully saturated rings. The lowest BCUT2D eigenvalue weighted by molar-refractivity contribution is 0.0754. The topological polar surface area (TPSA) is 58.4 Å². The van der Waals surface area contributed by atoms with Crippen molar-refractivity contribution in [1.82, 2.24) is 10.4 Å². The number of benzene rings is 1. The zero-order valence-electron chi connectivity index (χ0n) is 8.95. The number of hydrogen-bond acceptors (Lipinski definition) is 2. The second-order valence-electron chi connectivity index (χ2n) is 3.32. The number of carbonyl (C=O) groups excluding carboxylic acids is 1. The largest absolute Gasteiger partial charge is 0.375 e. The summed E-state index contributed by atoms with van der Waals surface area (Å²) in [5, 5.41) is 0.985. The third kappa shape index (κ3) is 2.90. The molecule has 1 amide bonds. The van der Waals surface area contributed by atoms with Crippen molar-refractivity contribution in [3.05, 3.63) is 35.1 Å². The average molecular weight is 241 g/mol. The van der Waals surface area contributed by atoms with Crippen molar-refractivity contribution < 1.29 is 9.18 Å². The Labute approximate surface area is 98.2 Å². The minimum Gasteiger partial charge on any atom is -0.375 e. The van der Waals surface area contributed by atoms with Crippen LogP contribution in [0, 0.1) is 12.7 Å². The first-order valence-corrected chi connectivity index (χ1v) is 4.93. The fourth-order valence-corrected chi connectivity index (χ4v) is 1.33. The average Bonchev–Trinajstić information content (AvgIpc) is 2.15. The molecule has 6 heteroatoms. The highest BCUT2D eigenvalue weighted by Gasteiger charge is 2.16. The van der Waals surface area contributed by atoms with Gasteiger partial charge in [-0.25, -0.2) is 4.39 Å². The smallest absolute Gasteiger partial charge is 0.274 e. The highest BCUT2D eigenvalue weighted by Crippen LogP contribution is 2.11. The Morgan fingerprint density at radius 3 is 2.69 bits per heavy atom. The normalized spacial score (nSPS) is 9.69. The molecule has 0 saturated carbocycles. The number of hydrogen-bond donors (Lipinski definition) is 2. The predicted molar refractivity (Wildman–Crippen MR) is 63.2 cm³/mol. The van der Waals surface area contributed by atoms with Crippen LogP contribution in [0.5, 0.6) is 0 Å². The fraction of sp³-hybridized carbons (Fsp3) is 0.200. The minimum absolute atomic E-state index is 0.0307. The number of nitrogens with zero attached hydrogens (tertiary/aromatic N) is 1. The highest BCUT2D eigenvalue weighted by atomic mass is 32.1. The molecular formula is C10H12FN3OS. The zero-order chi connectivity index (χ0) is 12.3. The Bertz CT molecular complexity index is 436. The Morgan fingerprint density at radius 2 is 2.19 bits per heavy atom. The maximum atomic E-state index is 13.5. The highest BCUT2D eigenvalue weighted by molar-refractivity contribution is 7.80. The number of hydrazine groups is 1. The molecule has 0 unspecified atom stereocenters. The Hall–Kier alpha value is -1.69. The Balaban J connectivity index is 2.92. The van der Waals surface area contributed by atoms with Crippen LogP contribution in [0.4, 0.5) is 4.39 Å². The molecule has 1 rings (SSSR count). The van der Waals surface area contributed by atoms with E-state index in [2.05, 4.69) is 17.6 Å². The summed E-state index contributed by atoms with van der Waals surface area (Å²) < 4.78 is 13.5. The zero-order valence-corrected chi connectivity index (χ0v) is 9.77. The van der Waals surface area contributed by atoms with E-state index in [1.165, 1.54) is 19.2 Å². The van der Waals surface area contributed by atoms with Gasteiger partial charge in [0.05, 0.1) is 5.56 Å². The second-order valence-corrected chi connectivity index (χ2v) is 3.76. The summed E-state index contributed by atoms with van der Waals surface area (Å²) in [7, 11) is 1.42. The lowest BCUT2D eigenvalue weighted by Crippen LogP contribution is -2.46. The molecule has 0 heterocycles. The number of rotatable bonds is 1. The molecule has 1 aromatic carbocycles. The molecule has 0 aliphatic rings. The van der Waals surface area contributed by atoms with Crippen molar-refractivity contribution in [3.63, 3.8) is 0 Å². The van der Waals surface area contributed by atoms with E-state index >= 15 is 0 Å². The van der Waals surface area contributed by atoms with E-state index in [-0.39, 0.29) is 10.7 Å². The first-order chi connectivity index (χ1) is 7.41. The van der Waals surface area contributed by atoms with E-state index in [1.807, 2.05) is 0 Å². The monoisotopic (exact) mass is 241 g/mol. The summed E-state index contributed by atoms with van der Waals surface area (Å²) in [5.41, 5.74) is 8.33. The van der Waals surface area contributed by atoms with Crippen molar-refractivity contribution in [2.24, 2.45) is 5.73 Å². The van der Waals surface area contributed by atoms with Crippen molar-refractivity contribution >= 4 is 23.2 Å². The molecule has 0 bridgehead atoms. The molecule has 86 valence electrons. The maximum absolute atomic E-state index is 13.5. The van der Waals surface area contributed by atoms with E-state index in [1.54, 1.807) is 13.0 Å². The van der Waals surface area contributed by atoms with Crippen LogP contribution in [-0.2, 0) is 0 Å². The summed E-state index contributed by atoms with van der Waals surface area (Å²) in [5.74, 6) is -1.10. The van der Waals surface area contributed by atoms with Crippen LogP contribution in [-0.4, -0.2) is 23.1 Å². The van der Waals surface area contributed by atoms with Gasteiger partial charge < -0.3 is 5.73 Å². The van der Waals surface area contributed by atoms with Crippen molar-refractivity contribution in [1.29, 1.82) is 0 Å². The molecule has 0 spiro atoms.